The standard InChI is InChI=1S/C15H23FN2O2/c1-11-7-12(8-13(20)10-19)9-17-14(11)15(16)3-5-18(2)6-4-15/h7,9,13,19-20H,3-6,8,10H2,1-2H3/t13-/m1/s1. The second-order valence-electron chi connectivity index (χ2n) is 5.82. The zero-order chi connectivity index (χ0) is 14.8. The van der Waals surface area contributed by atoms with Crippen molar-refractivity contribution in [3.05, 3.63) is 29.1 Å². The van der Waals surface area contributed by atoms with Gasteiger partial charge in [-0.05, 0) is 37.9 Å². The first-order valence-electron chi connectivity index (χ1n) is 7.07. The van der Waals surface area contributed by atoms with E-state index in [1.54, 1.807) is 6.20 Å². The molecule has 4 nitrogen and oxygen atoms in total. The lowest BCUT2D eigenvalue weighted by molar-refractivity contribution is 0.0626. The molecule has 2 heterocycles. The Labute approximate surface area is 119 Å². The van der Waals surface area contributed by atoms with E-state index in [0.29, 0.717) is 25.0 Å². The number of hydrogen-bond donors (Lipinski definition) is 2. The van der Waals surface area contributed by atoms with Crippen LogP contribution in [0.15, 0.2) is 12.3 Å². The summed E-state index contributed by atoms with van der Waals surface area (Å²) in [5, 5.41) is 18.3. The van der Waals surface area contributed by atoms with E-state index >= 15 is 4.39 Å². The van der Waals surface area contributed by atoms with Crippen LogP contribution in [-0.4, -0.2) is 52.9 Å². The summed E-state index contributed by atoms with van der Waals surface area (Å²) in [6.07, 6.45) is 2.10. The Morgan fingerprint density at radius 2 is 2.10 bits per heavy atom. The number of pyridine rings is 1. The van der Waals surface area contributed by atoms with E-state index in [-0.39, 0.29) is 6.61 Å². The number of piperidine rings is 1. The number of rotatable bonds is 4. The molecule has 1 atom stereocenters. The number of aliphatic hydroxyl groups is 2. The third kappa shape index (κ3) is 3.34. The highest BCUT2D eigenvalue weighted by Crippen LogP contribution is 2.37. The monoisotopic (exact) mass is 282 g/mol. The number of hydrogen-bond acceptors (Lipinski definition) is 4. The van der Waals surface area contributed by atoms with Crippen LogP contribution in [0, 0.1) is 6.92 Å². The summed E-state index contributed by atoms with van der Waals surface area (Å²) in [4.78, 5) is 6.42. The topological polar surface area (TPSA) is 56.6 Å². The SMILES string of the molecule is Cc1cc(C[C@@H](O)CO)cnc1C1(F)CCN(C)CC1. The van der Waals surface area contributed by atoms with Crippen molar-refractivity contribution in [1.82, 2.24) is 9.88 Å². The van der Waals surface area contributed by atoms with E-state index in [9.17, 15) is 5.11 Å². The summed E-state index contributed by atoms with van der Waals surface area (Å²) in [5.74, 6) is 0. The Bertz CT molecular complexity index is 459. The first-order chi connectivity index (χ1) is 9.44. The minimum absolute atomic E-state index is 0.278. The van der Waals surface area contributed by atoms with Gasteiger partial charge in [-0.15, -0.1) is 0 Å². The highest BCUT2D eigenvalue weighted by Gasteiger charge is 2.37. The van der Waals surface area contributed by atoms with Crippen molar-refractivity contribution in [3.63, 3.8) is 0 Å². The van der Waals surface area contributed by atoms with Crippen LogP contribution >= 0.6 is 0 Å². The predicted octanol–water partition coefficient (Wildman–Crippen LogP) is 1.18. The third-order valence-corrected chi connectivity index (χ3v) is 4.02. The number of aromatic nitrogens is 1. The van der Waals surface area contributed by atoms with Crippen molar-refractivity contribution in [1.29, 1.82) is 0 Å². The molecule has 112 valence electrons. The van der Waals surface area contributed by atoms with Crippen LogP contribution in [0.1, 0.15) is 29.7 Å². The first kappa shape index (κ1) is 15.4. The number of halogens is 1. The summed E-state index contributed by atoms with van der Waals surface area (Å²) in [6, 6.07) is 1.86. The van der Waals surface area contributed by atoms with Crippen LogP contribution in [-0.2, 0) is 12.1 Å². The fourth-order valence-corrected chi connectivity index (χ4v) is 2.76. The fraction of sp³-hybridized carbons (Fsp3) is 0.667. The van der Waals surface area contributed by atoms with Crippen molar-refractivity contribution in [2.45, 2.75) is 38.0 Å². The average Bonchev–Trinajstić information content (AvgIpc) is 2.42. The summed E-state index contributed by atoms with van der Waals surface area (Å²) >= 11 is 0. The van der Waals surface area contributed by atoms with E-state index in [4.69, 9.17) is 5.11 Å². The average molecular weight is 282 g/mol. The molecule has 2 N–H and O–H groups in total. The van der Waals surface area contributed by atoms with Gasteiger partial charge in [0.15, 0.2) is 5.67 Å². The third-order valence-electron chi connectivity index (χ3n) is 4.02. The zero-order valence-electron chi connectivity index (χ0n) is 12.1. The van der Waals surface area contributed by atoms with Crippen LogP contribution in [0.3, 0.4) is 0 Å². The van der Waals surface area contributed by atoms with Crippen LogP contribution in [0.5, 0.6) is 0 Å². The van der Waals surface area contributed by atoms with Gasteiger partial charge >= 0.3 is 0 Å². The molecule has 0 amide bonds. The maximum Gasteiger partial charge on any atom is 0.155 e. The number of likely N-dealkylation sites (tertiary alicyclic amines) is 1. The molecule has 1 aromatic rings. The summed E-state index contributed by atoms with van der Waals surface area (Å²) in [7, 11) is 2.00. The Morgan fingerprint density at radius 3 is 2.65 bits per heavy atom. The largest absolute Gasteiger partial charge is 0.394 e. The predicted molar refractivity (Wildman–Crippen MR) is 75.3 cm³/mol. The van der Waals surface area contributed by atoms with Gasteiger partial charge in [-0.2, -0.15) is 0 Å². The van der Waals surface area contributed by atoms with Gasteiger partial charge < -0.3 is 15.1 Å². The van der Waals surface area contributed by atoms with Crippen LogP contribution < -0.4 is 0 Å². The Kier molecular flexibility index (Phi) is 4.73. The van der Waals surface area contributed by atoms with E-state index in [2.05, 4.69) is 9.88 Å². The van der Waals surface area contributed by atoms with Gasteiger partial charge in [-0.25, -0.2) is 4.39 Å². The van der Waals surface area contributed by atoms with Gasteiger partial charge in [-0.3, -0.25) is 4.98 Å². The maximum atomic E-state index is 15.0. The molecule has 0 saturated carbocycles. The fourth-order valence-electron chi connectivity index (χ4n) is 2.76. The summed E-state index contributed by atoms with van der Waals surface area (Å²) < 4.78 is 15.0. The second kappa shape index (κ2) is 6.16. The molecule has 5 heteroatoms. The molecule has 0 radical (unpaired) electrons. The molecule has 2 rings (SSSR count). The molecule has 20 heavy (non-hydrogen) atoms. The normalized spacial score (nSPS) is 20.9. The van der Waals surface area contributed by atoms with Gasteiger partial charge in [0.05, 0.1) is 18.4 Å². The molecule has 0 aromatic carbocycles. The van der Waals surface area contributed by atoms with Gasteiger partial charge in [-0.1, -0.05) is 6.07 Å². The summed E-state index contributed by atoms with van der Waals surface area (Å²) in [6.45, 7) is 3.06. The number of aliphatic hydroxyl groups excluding tert-OH is 2. The van der Waals surface area contributed by atoms with Crippen molar-refractivity contribution in [2.24, 2.45) is 0 Å². The molecule has 1 saturated heterocycles. The number of nitrogens with zero attached hydrogens (tertiary/aromatic N) is 2. The molecule has 0 aliphatic carbocycles. The molecule has 1 aliphatic heterocycles. The van der Waals surface area contributed by atoms with Crippen LogP contribution in [0.25, 0.3) is 0 Å². The Hall–Kier alpha value is -1.04. The Balaban J connectivity index is 2.17. The molecule has 1 aliphatic rings. The lowest BCUT2D eigenvalue weighted by atomic mass is 9.87. The lowest BCUT2D eigenvalue weighted by Gasteiger charge is -2.34. The van der Waals surface area contributed by atoms with E-state index in [1.165, 1.54) is 0 Å². The molecule has 0 spiro atoms. The minimum atomic E-state index is -1.34. The first-order valence-corrected chi connectivity index (χ1v) is 7.07. The van der Waals surface area contributed by atoms with Gasteiger partial charge in [0.2, 0.25) is 0 Å². The Morgan fingerprint density at radius 1 is 1.45 bits per heavy atom. The van der Waals surface area contributed by atoms with Crippen molar-refractivity contribution in [2.75, 3.05) is 26.7 Å². The molecule has 1 aromatic heterocycles. The van der Waals surface area contributed by atoms with E-state index in [1.807, 2.05) is 20.0 Å². The van der Waals surface area contributed by atoms with Crippen molar-refractivity contribution in [3.8, 4) is 0 Å². The molecule has 0 bridgehead atoms. The molecule has 1 fully saturated rings. The number of aryl methyl sites for hydroxylation is 1. The second-order valence-corrected chi connectivity index (χ2v) is 5.82. The molecular formula is C15H23FN2O2. The quantitative estimate of drug-likeness (QED) is 0.870. The van der Waals surface area contributed by atoms with E-state index in [0.717, 1.165) is 24.2 Å². The summed E-state index contributed by atoms with van der Waals surface area (Å²) in [5.41, 5.74) is 0.821. The smallest absolute Gasteiger partial charge is 0.155 e. The minimum Gasteiger partial charge on any atom is -0.394 e. The lowest BCUT2D eigenvalue weighted by Crippen LogP contribution is -2.39. The van der Waals surface area contributed by atoms with E-state index < -0.39 is 11.8 Å². The van der Waals surface area contributed by atoms with Crippen molar-refractivity contribution >= 4 is 0 Å². The van der Waals surface area contributed by atoms with Gasteiger partial charge in [0.25, 0.3) is 0 Å². The van der Waals surface area contributed by atoms with Gasteiger partial charge in [0, 0.05) is 25.7 Å². The highest BCUT2D eigenvalue weighted by molar-refractivity contribution is 5.29. The molecular weight excluding hydrogens is 259 g/mol. The maximum absolute atomic E-state index is 15.0. The van der Waals surface area contributed by atoms with Crippen LogP contribution in [0.4, 0.5) is 4.39 Å². The number of alkyl halides is 1. The van der Waals surface area contributed by atoms with Crippen LogP contribution in [0.2, 0.25) is 0 Å². The highest BCUT2D eigenvalue weighted by atomic mass is 19.1. The molecule has 0 unspecified atom stereocenters. The van der Waals surface area contributed by atoms with Gasteiger partial charge in [0.1, 0.15) is 0 Å². The van der Waals surface area contributed by atoms with Crippen molar-refractivity contribution < 1.29 is 14.6 Å². The zero-order valence-corrected chi connectivity index (χ0v) is 12.1.